The summed E-state index contributed by atoms with van der Waals surface area (Å²) in [4.78, 5) is 26.7. The molecule has 0 atom stereocenters. The Morgan fingerprint density at radius 1 is 1.05 bits per heavy atom. The molecule has 12 nitrogen and oxygen atoms in total. The minimum Gasteiger partial charge on any atom is -0.437 e. The molecule has 43 heavy (non-hydrogen) atoms. The number of amides is 1. The molecule has 7 rings (SSSR count). The summed E-state index contributed by atoms with van der Waals surface area (Å²) in [6.45, 7) is 1.70. The van der Waals surface area contributed by atoms with Crippen molar-refractivity contribution < 1.29 is 22.0 Å². The van der Waals surface area contributed by atoms with Gasteiger partial charge < -0.3 is 9.73 Å². The number of furan rings is 1. The van der Waals surface area contributed by atoms with Gasteiger partial charge in [-0.1, -0.05) is 6.07 Å². The van der Waals surface area contributed by atoms with E-state index >= 15 is 0 Å². The van der Waals surface area contributed by atoms with Gasteiger partial charge in [-0.2, -0.15) is 4.68 Å². The van der Waals surface area contributed by atoms with E-state index in [1.165, 1.54) is 31.2 Å². The molecule has 5 heterocycles. The van der Waals surface area contributed by atoms with Crippen LogP contribution in [0.4, 0.5) is 10.1 Å². The number of aromatic nitrogens is 6. The first kappa shape index (κ1) is 26.5. The first-order valence-electron chi connectivity index (χ1n) is 13.1. The van der Waals surface area contributed by atoms with Gasteiger partial charge in [-0.05, 0) is 43.3 Å². The molecule has 1 N–H and O–H groups in total. The number of sulfonamides is 1. The van der Waals surface area contributed by atoms with Crippen molar-refractivity contribution in [2.75, 3.05) is 24.7 Å². The molecule has 5 aromatic heterocycles. The lowest BCUT2D eigenvalue weighted by atomic mass is 10.0. The van der Waals surface area contributed by atoms with Gasteiger partial charge in [0.2, 0.25) is 15.9 Å². The zero-order valence-electron chi connectivity index (χ0n) is 23.3. The number of hydrogen-bond acceptors (Lipinski definition) is 8. The van der Waals surface area contributed by atoms with E-state index < -0.39 is 15.9 Å². The Bertz CT molecular complexity index is 2390. The number of fused-ring (bicyclic) bond motifs is 6. The number of carbonyl (C=O) groups excluding carboxylic acids is 1. The number of nitrogens with zero attached hydrogens (tertiary/aromatic N) is 7. The number of aryl methyl sites for hydroxylation is 1. The minimum atomic E-state index is -3.73. The zero-order valence-corrected chi connectivity index (χ0v) is 24.1. The third-order valence-electron chi connectivity index (χ3n) is 7.43. The normalized spacial score (nSPS) is 12.1. The molecule has 0 aliphatic heterocycles. The summed E-state index contributed by atoms with van der Waals surface area (Å²) < 4.78 is 50.5. The molecule has 0 saturated heterocycles. The van der Waals surface area contributed by atoms with Crippen LogP contribution in [0.3, 0.4) is 0 Å². The molecule has 0 spiro atoms. The minimum absolute atomic E-state index is 0.124. The highest BCUT2D eigenvalue weighted by molar-refractivity contribution is 7.92. The number of carbonyl (C=O) groups is 1. The molecule has 0 aliphatic carbocycles. The lowest BCUT2D eigenvalue weighted by Gasteiger charge is -2.20. The Balaban J connectivity index is 1.55. The van der Waals surface area contributed by atoms with Gasteiger partial charge in [-0.25, -0.2) is 27.8 Å². The van der Waals surface area contributed by atoms with E-state index in [1.54, 1.807) is 60.1 Å². The van der Waals surface area contributed by atoms with Crippen LogP contribution in [0.5, 0.6) is 0 Å². The predicted octanol–water partition coefficient (Wildman–Crippen LogP) is 4.23. The van der Waals surface area contributed by atoms with Gasteiger partial charge >= 0.3 is 0 Å². The third kappa shape index (κ3) is 4.09. The molecule has 0 fully saturated rings. The van der Waals surface area contributed by atoms with Crippen molar-refractivity contribution in [3.8, 4) is 17.1 Å². The average Bonchev–Trinajstić information content (AvgIpc) is 3.70. The number of anilines is 1. The van der Waals surface area contributed by atoms with E-state index in [0.29, 0.717) is 49.9 Å². The van der Waals surface area contributed by atoms with Crippen LogP contribution in [-0.4, -0.2) is 63.8 Å². The van der Waals surface area contributed by atoms with Crippen LogP contribution in [0.2, 0.25) is 0 Å². The summed E-state index contributed by atoms with van der Waals surface area (Å²) in [6.07, 6.45) is 4.13. The lowest BCUT2D eigenvalue weighted by Crippen LogP contribution is -2.25. The monoisotopic (exact) mass is 598 g/mol. The van der Waals surface area contributed by atoms with Crippen LogP contribution in [0.1, 0.15) is 16.2 Å². The van der Waals surface area contributed by atoms with Crippen molar-refractivity contribution in [3.05, 3.63) is 78.4 Å². The van der Waals surface area contributed by atoms with Crippen LogP contribution in [0, 0.1) is 12.7 Å². The fourth-order valence-electron chi connectivity index (χ4n) is 5.25. The van der Waals surface area contributed by atoms with Gasteiger partial charge in [0.15, 0.2) is 0 Å². The maximum atomic E-state index is 14.7. The van der Waals surface area contributed by atoms with Gasteiger partial charge in [0.05, 0.1) is 34.2 Å². The van der Waals surface area contributed by atoms with Crippen molar-refractivity contribution in [1.82, 2.24) is 34.4 Å². The van der Waals surface area contributed by atoms with E-state index in [-0.39, 0.29) is 28.5 Å². The van der Waals surface area contributed by atoms with E-state index in [1.807, 2.05) is 0 Å². The Morgan fingerprint density at radius 2 is 1.86 bits per heavy atom. The van der Waals surface area contributed by atoms with Crippen LogP contribution in [0.25, 0.3) is 55.6 Å². The topological polar surface area (TPSA) is 141 Å². The molecule has 14 heteroatoms. The van der Waals surface area contributed by atoms with Crippen molar-refractivity contribution >= 4 is 60.0 Å². The van der Waals surface area contributed by atoms with E-state index in [4.69, 9.17) is 9.40 Å². The van der Waals surface area contributed by atoms with E-state index in [2.05, 4.69) is 20.4 Å². The van der Waals surface area contributed by atoms with Crippen LogP contribution in [-0.2, 0) is 10.0 Å². The molecule has 2 aromatic carbocycles. The van der Waals surface area contributed by atoms with Gasteiger partial charge in [-0.15, -0.1) is 5.10 Å². The maximum absolute atomic E-state index is 14.7. The standard InChI is InChI=1S/C29H23FN8O4S/c1-15-32-14-38(35-15)29-26(28(39)31-2)18-10-17(23(12-25(18)42-29)36(3)43(4,40)41)20-8-9-21-27(34-20)24-11-16-19(30)6-5-7-22(16)37(24)13-33-21/h5-14H,1-4H3,(H,31,39). The molecule has 0 aliphatic rings. The zero-order chi connectivity index (χ0) is 30.2. The van der Waals surface area contributed by atoms with Gasteiger partial charge in [0.1, 0.15) is 41.0 Å². The second kappa shape index (κ2) is 9.32. The number of benzene rings is 2. The molecule has 0 radical (unpaired) electrons. The number of nitrogens with one attached hydrogen (secondary N) is 1. The Hall–Kier alpha value is -5.37. The van der Waals surface area contributed by atoms with E-state index in [9.17, 15) is 17.6 Å². The SMILES string of the molecule is CNC(=O)c1c(-n2cnc(C)n2)oc2cc(N(C)S(C)(=O)=O)c(-c3ccc4ncn5c6cccc(F)c6cc5c4n3)cc12. The van der Waals surface area contributed by atoms with Crippen molar-refractivity contribution in [2.45, 2.75) is 6.92 Å². The Labute approximate surface area is 243 Å². The molecule has 7 aromatic rings. The summed E-state index contributed by atoms with van der Waals surface area (Å²) in [7, 11) is -0.807. The fraction of sp³-hybridized carbons (Fsp3) is 0.138. The maximum Gasteiger partial charge on any atom is 0.257 e. The first-order valence-corrected chi connectivity index (χ1v) is 14.9. The number of pyridine rings is 1. The van der Waals surface area contributed by atoms with Gasteiger partial charge in [0, 0.05) is 36.5 Å². The molecular formula is C29H23FN8O4S. The predicted molar refractivity (Wildman–Crippen MR) is 159 cm³/mol. The highest BCUT2D eigenvalue weighted by atomic mass is 32.2. The van der Waals surface area contributed by atoms with Crippen LogP contribution >= 0.6 is 0 Å². The van der Waals surface area contributed by atoms with Crippen LogP contribution < -0.4 is 9.62 Å². The second-order valence-electron chi connectivity index (χ2n) is 10.1. The third-order valence-corrected chi connectivity index (χ3v) is 8.62. The van der Waals surface area contributed by atoms with Crippen molar-refractivity contribution in [2.24, 2.45) is 0 Å². The quantitative estimate of drug-likeness (QED) is 0.310. The number of rotatable bonds is 5. The van der Waals surface area contributed by atoms with Gasteiger partial charge in [0.25, 0.3) is 5.91 Å². The largest absolute Gasteiger partial charge is 0.437 e. The molecule has 1 amide bonds. The molecule has 0 bridgehead atoms. The highest BCUT2D eigenvalue weighted by Crippen LogP contribution is 2.39. The highest BCUT2D eigenvalue weighted by Gasteiger charge is 2.27. The fourth-order valence-corrected chi connectivity index (χ4v) is 5.76. The van der Waals surface area contributed by atoms with Gasteiger partial charge in [-0.3, -0.25) is 13.5 Å². The molecule has 216 valence electrons. The summed E-state index contributed by atoms with van der Waals surface area (Å²) >= 11 is 0. The van der Waals surface area contributed by atoms with Crippen molar-refractivity contribution in [3.63, 3.8) is 0 Å². The summed E-state index contributed by atoms with van der Waals surface area (Å²) in [5, 5.41) is 7.77. The summed E-state index contributed by atoms with van der Waals surface area (Å²) in [5.74, 6) is -0.205. The molecular weight excluding hydrogens is 575 g/mol. The first-order chi connectivity index (χ1) is 20.5. The smallest absolute Gasteiger partial charge is 0.257 e. The molecule has 0 saturated carbocycles. The Kier molecular flexibility index (Phi) is 5.75. The summed E-state index contributed by atoms with van der Waals surface area (Å²) in [6, 6.07) is 13.2. The lowest BCUT2D eigenvalue weighted by molar-refractivity contribution is 0.0963. The van der Waals surface area contributed by atoms with E-state index in [0.717, 1.165) is 10.6 Å². The Morgan fingerprint density at radius 3 is 2.58 bits per heavy atom. The molecule has 0 unspecified atom stereocenters. The van der Waals surface area contributed by atoms with Crippen molar-refractivity contribution in [1.29, 1.82) is 0 Å². The van der Waals surface area contributed by atoms with Crippen LogP contribution in [0.15, 0.2) is 65.6 Å². The number of hydrogen-bond donors (Lipinski definition) is 1. The summed E-state index contributed by atoms with van der Waals surface area (Å²) in [5.41, 5.74) is 3.86. The second-order valence-corrected chi connectivity index (χ2v) is 12.1. The number of halogens is 1. The average molecular weight is 599 g/mol.